The lowest BCUT2D eigenvalue weighted by molar-refractivity contribution is 0.0600. The lowest BCUT2D eigenvalue weighted by Crippen LogP contribution is -2.45. The Morgan fingerprint density at radius 3 is 2.38 bits per heavy atom. The summed E-state index contributed by atoms with van der Waals surface area (Å²) >= 11 is 0. The molecule has 0 aliphatic carbocycles. The number of benzene rings is 1. The number of rotatable bonds is 9. The minimum atomic E-state index is -4.01. The van der Waals surface area contributed by atoms with Crippen LogP contribution in [0, 0.1) is 6.92 Å². The first kappa shape index (κ1) is 23.8. The van der Waals surface area contributed by atoms with Crippen molar-refractivity contribution in [2.45, 2.75) is 38.1 Å². The SMILES string of the molecule is CCN(CC)CCN(C1CCS(=O)(=O)C1)S(=O)(=O)c1cc(C(=O)OC)ccc1C. The predicted octanol–water partition coefficient (Wildman–Crippen LogP) is 1.30. The van der Waals surface area contributed by atoms with Crippen LogP contribution >= 0.6 is 0 Å². The maximum absolute atomic E-state index is 13.6. The summed E-state index contributed by atoms with van der Waals surface area (Å²) in [7, 11) is -6.04. The Morgan fingerprint density at radius 2 is 1.86 bits per heavy atom. The average molecular weight is 447 g/mol. The van der Waals surface area contributed by atoms with Crippen molar-refractivity contribution in [1.82, 2.24) is 9.21 Å². The number of carbonyl (C=O) groups excluding carboxylic acids is 1. The van der Waals surface area contributed by atoms with E-state index in [9.17, 15) is 21.6 Å². The van der Waals surface area contributed by atoms with Gasteiger partial charge in [0.15, 0.2) is 9.84 Å². The molecule has 164 valence electrons. The van der Waals surface area contributed by atoms with Crippen molar-refractivity contribution in [3.63, 3.8) is 0 Å². The van der Waals surface area contributed by atoms with Crippen LogP contribution in [0.2, 0.25) is 0 Å². The molecule has 8 nitrogen and oxygen atoms in total. The van der Waals surface area contributed by atoms with Crippen molar-refractivity contribution in [1.29, 1.82) is 0 Å². The molecule has 1 atom stereocenters. The number of sulfone groups is 1. The van der Waals surface area contributed by atoms with Crippen LogP contribution in [0.3, 0.4) is 0 Å². The van der Waals surface area contributed by atoms with E-state index >= 15 is 0 Å². The number of likely N-dealkylation sites (N-methyl/N-ethyl adjacent to an activating group) is 1. The van der Waals surface area contributed by atoms with Crippen LogP contribution < -0.4 is 0 Å². The molecule has 0 aromatic heterocycles. The number of hydrogen-bond acceptors (Lipinski definition) is 7. The summed E-state index contributed by atoms with van der Waals surface area (Å²) in [5.74, 6) is -0.823. The molecule has 10 heteroatoms. The van der Waals surface area contributed by atoms with Gasteiger partial charge in [-0.3, -0.25) is 0 Å². The van der Waals surface area contributed by atoms with Gasteiger partial charge in [0.05, 0.1) is 29.1 Å². The third-order valence-electron chi connectivity index (χ3n) is 5.34. The summed E-state index contributed by atoms with van der Waals surface area (Å²) in [5, 5.41) is 0. The van der Waals surface area contributed by atoms with Crippen molar-refractivity contribution in [2.24, 2.45) is 0 Å². The lowest BCUT2D eigenvalue weighted by atomic mass is 10.1. The van der Waals surface area contributed by atoms with Crippen molar-refractivity contribution >= 4 is 25.8 Å². The molecule has 1 fully saturated rings. The molecule has 0 spiro atoms. The van der Waals surface area contributed by atoms with E-state index in [2.05, 4.69) is 4.90 Å². The van der Waals surface area contributed by atoms with E-state index in [1.165, 1.54) is 23.5 Å². The molecule has 0 amide bonds. The van der Waals surface area contributed by atoms with Crippen molar-refractivity contribution in [3.8, 4) is 0 Å². The quantitative estimate of drug-likeness (QED) is 0.527. The van der Waals surface area contributed by atoms with Crippen LogP contribution in [0.25, 0.3) is 0 Å². The van der Waals surface area contributed by atoms with Gasteiger partial charge in [0, 0.05) is 19.1 Å². The van der Waals surface area contributed by atoms with Crippen LogP contribution in [-0.4, -0.2) is 82.8 Å². The second-order valence-corrected chi connectivity index (χ2v) is 11.3. The van der Waals surface area contributed by atoms with E-state index in [1.807, 2.05) is 13.8 Å². The molecule has 1 aromatic carbocycles. The minimum Gasteiger partial charge on any atom is -0.465 e. The molecule has 0 saturated carbocycles. The third kappa shape index (κ3) is 5.56. The fourth-order valence-electron chi connectivity index (χ4n) is 3.53. The zero-order valence-corrected chi connectivity index (χ0v) is 19.1. The predicted molar refractivity (Wildman–Crippen MR) is 111 cm³/mol. The number of nitrogens with zero attached hydrogens (tertiary/aromatic N) is 2. The summed E-state index contributed by atoms with van der Waals surface area (Å²) in [5.41, 5.74) is 0.630. The zero-order valence-electron chi connectivity index (χ0n) is 17.4. The van der Waals surface area contributed by atoms with E-state index < -0.39 is 31.9 Å². The molecule has 1 aromatic rings. The van der Waals surface area contributed by atoms with Gasteiger partial charge in [0.25, 0.3) is 0 Å². The Morgan fingerprint density at radius 1 is 1.21 bits per heavy atom. The minimum absolute atomic E-state index is 0.00393. The monoisotopic (exact) mass is 446 g/mol. The van der Waals surface area contributed by atoms with Gasteiger partial charge in [-0.05, 0) is 44.1 Å². The first-order valence-corrected chi connectivity index (χ1v) is 13.0. The first-order chi connectivity index (χ1) is 13.6. The molecule has 1 heterocycles. The molecule has 2 rings (SSSR count). The molecule has 0 N–H and O–H groups in total. The Balaban J connectivity index is 2.46. The molecule has 1 unspecified atom stereocenters. The number of esters is 1. The molecular weight excluding hydrogens is 416 g/mol. The van der Waals surface area contributed by atoms with Gasteiger partial charge < -0.3 is 9.64 Å². The Labute approximate surface area is 173 Å². The average Bonchev–Trinajstić information content (AvgIpc) is 3.03. The molecule has 1 aliphatic rings. The van der Waals surface area contributed by atoms with Gasteiger partial charge in [0.1, 0.15) is 0 Å². The summed E-state index contributed by atoms with van der Waals surface area (Å²) in [4.78, 5) is 14.0. The fourth-order valence-corrected chi connectivity index (χ4v) is 7.25. The van der Waals surface area contributed by atoms with Crippen LogP contribution in [0.1, 0.15) is 36.2 Å². The highest BCUT2D eigenvalue weighted by molar-refractivity contribution is 7.92. The number of ether oxygens (including phenoxy) is 1. The van der Waals surface area contributed by atoms with E-state index in [1.54, 1.807) is 13.0 Å². The highest BCUT2D eigenvalue weighted by Crippen LogP contribution is 2.27. The van der Waals surface area contributed by atoms with E-state index in [4.69, 9.17) is 4.74 Å². The van der Waals surface area contributed by atoms with Gasteiger partial charge >= 0.3 is 5.97 Å². The molecule has 0 bridgehead atoms. The van der Waals surface area contributed by atoms with Crippen LogP contribution in [0.5, 0.6) is 0 Å². The van der Waals surface area contributed by atoms with E-state index in [-0.39, 0.29) is 34.9 Å². The van der Waals surface area contributed by atoms with Crippen molar-refractivity contribution < 1.29 is 26.4 Å². The standard InChI is InChI=1S/C19H30N2O6S2/c1-5-20(6-2)10-11-21(17-9-12-28(23,24)14-17)29(25,26)18-13-16(19(22)27-4)8-7-15(18)3/h7-8,13,17H,5-6,9-12,14H2,1-4H3. The largest absolute Gasteiger partial charge is 0.465 e. The number of aryl methyl sites for hydroxylation is 1. The van der Waals surface area contributed by atoms with Gasteiger partial charge in [-0.25, -0.2) is 21.6 Å². The highest BCUT2D eigenvalue weighted by Gasteiger charge is 2.39. The van der Waals surface area contributed by atoms with Crippen LogP contribution in [0.15, 0.2) is 23.1 Å². The van der Waals surface area contributed by atoms with Crippen molar-refractivity contribution in [3.05, 3.63) is 29.3 Å². The number of methoxy groups -OCH3 is 1. The maximum atomic E-state index is 13.6. The molecular formula is C19H30N2O6S2. The first-order valence-electron chi connectivity index (χ1n) is 9.69. The zero-order chi connectivity index (χ0) is 21.8. The summed E-state index contributed by atoms with van der Waals surface area (Å²) in [6.07, 6.45) is 0.273. The smallest absolute Gasteiger partial charge is 0.337 e. The summed E-state index contributed by atoms with van der Waals surface area (Å²) in [6, 6.07) is 3.78. The summed E-state index contributed by atoms with van der Waals surface area (Å²) in [6.45, 7) is 7.86. The topological polar surface area (TPSA) is 101 Å². The Kier molecular flexibility index (Phi) is 7.83. The Hall–Kier alpha value is -1.49. The second-order valence-electron chi connectivity index (χ2n) is 7.17. The Bertz CT molecular complexity index is 939. The number of sulfonamides is 1. The summed E-state index contributed by atoms with van der Waals surface area (Å²) < 4.78 is 57.2. The van der Waals surface area contributed by atoms with Crippen molar-refractivity contribution in [2.75, 3.05) is 44.8 Å². The van der Waals surface area contributed by atoms with Gasteiger partial charge in [-0.15, -0.1) is 0 Å². The fraction of sp³-hybridized carbons (Fsp3) is 0.632. The normalized spacial score (nSPS) is 19.0. The lowest BCUT2D eigenvalue weighted by Gasteiger charge is -2.30. The van der Waals surface area contributed by atoms with Crippen LogP contribution in [-0.2, 0) is 24.6 Å². The van der Waals surface area contributed by atoms with Crippen LogP contribution in [0.4, 0.5) is 0 Å². The highest BCUT2D eigenvalue weighted by atomic mass is 32.2. The number of carbonyl (C=O) groups is 1. The van der Waals surface area contributed by atoms with Gasteiger partial charge in [-0.1, -0.05) is 19.9 Å². The molecule has 1 saturated heterocycles. The molecule has 29 heavy (non-hydrogen) atoms. The third-order valence-corrected chi connectivity index (χ3v) is 9.19. The van der Waals surface area contributed by atoms with E-state index in [0.29, 0.717) is 12.1 Å². The van der Waals surface area contributed by atoms with Gasteiger partial charge in [-0.2, -0.15) is 4.31 Å². The molecule has 1 aliphatic heterocycles. The van der Waals surface area contributed by atoms with Gasteiger partial charge in [0.2, 0.25) is 10.0 Å². The maximum Gasteiger partial charge on any atom is 0.337 e. The number of hydrogen-bond donors (Lipinski definition) is 0. The second kappa shape index (κ2) is 9.55. The molecule has 0 radical (unpaired) electrons. The van der Waals surface area contributed by atoms with E-state index in [0.717, 1.165) is 13.1 Å².